The molecule has 4 N–H and O–H groups in total. The molecule has 0 aliphatic carbocycles. The van der Waals surface area contributed by atoms with Crippen molar-refractivity contribution in [3.63, 3.8) is 0 Å². The zero-order valence-corrected chi connectivity index (χ0v) is 14.6. The molecule has 3 heterocycles. The van der Waals surface area contributed by atoms with Gasteiger partial charge >= 0.3 is 0 Å². The van der Waals surface area contributed by atoms with Gasteiger partial charge in [-0.1, -0.05) is 0 Å². The average molecular weight is 348 g/mol. The number of fused-ring (bicyclic) bond motifs is 1. The molecular formula is C16H24N6O3. The summed E-state index contributed by atoms with van der Waals surface area (Å²) in [7, 11) is 3.66. The summed E-state index contributed by atoms with van der Waals surface area (Å²) >= 11 is 0. The lowest BCUT2D eigenvalue weighted by atomic mass is 9.99. The SMILES string of the molecule is C[C@@H]1O[C@H](Nc2ncnc3cc[nH]c23)[C@H](O)C[C@H]1NC(=O)CN(C)C. The van der Waals surface area contributed by atoms with Gasteiger partial charge in [0, 0.05) is 12.6 Å². The molecule has 9 nitrogen and oxygen atoms in total. The number of aliphatic hydroxyl groups excluding tert-OH is 1. The van der Waals surface area contributed by atoms with Gasteiger partial charge in [0.15, 0.2) is 12.0 Å². The second kappa shape index (κ2) is 7.34. The second-order valence-electron chi connectivity index (χ2n) is 6.58. The number of carbonyl (C=O) groups is 1. The average Bonchev–Trinajstić information content (AvgIpc) is 3.01. The standard InChI is InChI=1S/C16H24N6O3/c1-9-11(20-13(24)7-22(2)3)6-12(23)16(25-9)21-15-14-10(4-5-17-14)18-8-19-15/h4-5,8-9,11-12,16-17,23H,6-7H2,1-3H3,(H,20,24)(H,18,19,21)/t9-,11+,12+,16-/m0/s1. The maximum atomic E-state index is 11.9. The second-order valence-corrected chi connectivity index (χ2v) is 6.58. The van der Waals surface area contributed by atoms with Crippen LogP contribution in [0.3, 0.4) is 0 Å². The third-order valence-electron chi connectivity index (χ3n) is 4.20. The van der Waals surface area contributed by atoms with Crippen LogP contribution in [0.5, 0.6) is 0 Å². The Morgan fingerprint density at radius 1 is 1.48 bits per heavy atom. The summed E-state index contributed by atoms with van der Waals surface area (Å²) in [4.78, 5) is 25.2. The summed E-state index contributed by atoms with van der Waals surface area (Å²) in [6, 6.07) is 1.61. The van der Waals surface area contributed by atoms with E-state index in [-0.39, 0.29) is 18.1 Å². The van der Waals surface area contributed by atoms with Crippen LogP contribution in [0.4, 0.5) is 5.82 Å². The van der Waals surface area contributed by atoms with Gasteiger partial charge in [-0.25, -0.2) is 9.97 Å². The van der Waals surface area contributed by atoms with Crippen molar-refractivity contribution in [2.24, 2.45) is 0 Å². The van der Waals surface area contributed by atoms with Gasteiger partial charge in [0.2, 0.25) is 5.91 Å². The highest BCUT2D eigenvalue weighted by atomic mass is 16.5. The van der Waals surface area contributed by atoms with E-state index in [4.69, 9.17) is 4.74 Å². The molecule has 2 aromatic rings. The van der Waals surface area contributed by atoms with Crippen molar-refractivity contribution in [3.8, 4) is 0 Å². The first-order valence-electron chi connectivity index (χ1n) is 8.26. The number of aromatic amines is 1. The Hall–Kier alpha value is -2.23. The van der Waals surface area contributed by atoms with Crippen LogP contribution >= 0.6 is 0 Å². The third kappa shape index (κ3) is 4.06. The van der Waals surface area contributed by atoms with Crippen molar-refractivity contribution < 1.29 is 14.6 Å². The summed E-state index contributed by atoms with van der Waals surface area (Å²) in [5.41, 5.74) is 1.54. The van der Waals surface area contributed by atoms with E-state index in [0.29, 0.717) is 18.8 Å². The van der Waals surface area contributed by atoms with Crippen LogP contribution in [0.1, 0.15) is 13.3 Å². The lowest BCUT2D eigenvalue weighted by Crippen LogP contribution is -2.56. The number of hydrogen-bond acceptors (Lipinski definition) is 7. The number of carbonyl (C=O) groups excluding carboxylic acids is 1. The molecule has 1 aliphatic rings. The number of aliphatic hydroxyl groups is 1. The molecule has 1 amide bonds. The number of nitrogens with one attached hydrogen (secondary N) is 3. The fraction of sp³-hybridized carbons (Fsp3) is 0.562. The quantitative estimate of drug-likeness (QED) is 0.597. The minimum atomic E-state index is -0.777. The first-order valence-corrected chi connectivity index (χ1v) is 8.26. The van der Waals surface area contributed by atoms with E-state index in [1.165, 1.54) is 6.33 Å². The topological polar surface area (TPSA) is 115 Å². The number of hydrogen-bond donors (Lipinski definition) is 4. The molecule has 136 valence electrons. The van der Waals surface area contributed by atoms with Gasteiger partial charge in [0.05, 0.1) is 24.2 Å². The van der Waals surface area contributed by atoms with E-state index < -0.39 is 12.3 Å². The van der Waals surface area contributed by atoms with Crippen LogP contribution in [0.15, 0.2) is 18.6 Å². The number of rotatable bonds is 5. The highest BCUT2D eigenvalue weighted by molar-refractivity contribution is 5.85. The van der Waals surface area contributed by atoms with Crippen molar-refractivity contribution in [1.82, 2.24) is 25.2 Å². The Balaban J connectivity index is 1.64. The molecule has 25 heavy (non-hydrogen) atoms. The van der Waals surface area contributed by atoms with Crippen LogP contribution in [-0.4, -0.2) is 76.0 Å². The van der Waals surface area contributed by atoms with Crippen LogP contribution < -0.4 is 10.6 Å². The fourth-order valence-corrected chi connectivity index (χ4v) is 2.95. The number of aromatic nitrogens is 3. The first-order chi connectivity index (χ1) is 11.9. The fourth-order valence-electron chi connectivity index (χ4n) is 2.95. The predicted octanol–water partition coefficient (Wildman–Crippen LogP) is -0.0880. The smallest absolute Gasteiger partial charge is 0.234 e. The zero-order valence-electron chi connectivity index (χ0n) is 14.6. The Labute approximate surface area is 145 Å². The first kappa shape index (κ1) is 17.6. The van der Waals surface area contributed by atoms with Gasteiger partial charge in [0.1, 0.15) is 17.9 Å². The van der Waals surface area contributed by atoms with Crippen LogP contribution in [0.2, 0.25) is 0 Å². The van der Waals surface area contributed by atoms with Gasteiger partial charge in [-0.2, -0.15) is 0 Å². The molecule has 0 unspecified atom stereocenters. The van der Waals surface area contributed by atoms with Crippen molar-refractivity contribution in [2.45, 2.75) is 37.8 Å². The molecule has 1 aliphatic heterocycles. The van der Waals surface area contributed by atoms with Crippen LogP contribution in [0, 0.1) is 0 Å². The summed E-state index contributed by atoms with van der Waals surface area (Å²) in [5.74, 6) is 0.481. The van der Waals surface area contributed by atoms with Gasteiger partial charge in [-0.3, -0.25) is 4.79 Å². The number of amides is 1. The van der Waals surface area contributed by atoms with Crippen molar-refractivity contribution in [3.05, 3.63) is 18.6 Å². The number of anilines is 1. The van der Waals surface area contributed by atoms with E-state index in [1.807, 2.05) is 27.1 Å². The highest BCUT2D eigenvalue weighted by Gasteiger charge is 2.36. The molecule has 0 aromatic carbocycles. The summed E-state index contributed by atoms with van der Waals surface area (Å²) in [6.07, 6.45) is 2.01. The lowest BCUT2D eigenvalue weighted by Gasteiger charge is -2.38. The lowest BCUT2D eigenvalue weighted by molar-refractivity contribution is -0.133. The normalized spacial score (nSPS) is 26.8. The van der Waals surface area contributed by atoms with Gasteiger partial charge in [0.25, 0.3) is 0 Å². The Bertz CT molecular complexity index is 733. The van der Waals surface area contributed by atoms with E-state index in [1.54, 1.807) is 11.1 Å². The molecule has 0 saturated carbocycles. The Kier molecular flexibility index (Phi) is 5.16. The monoisotopic (exact) mass is 348 g/mol. The number of likely N-dealkylation sites (N-methyl/N-ethyl adjacent to an activating group) is 1. The molecule has 0 bridgehead atoms. The largest absolute Gasteiger partial charge is 0.388 e. The van der Waals surface area contributed by atoms with E-state index in [2.05, 4.69) is 25.6 Å². The van der Waals surface area contributed by atoms with Crippen molar-refractivity contribution in [2.75, 3.05) is 26.0 Å². The molecule has 2 aromatic heterocycles. The molecule has 1 fully saturated rings. The predicted molar refractivity (Wildman–Crippen MR) is 93.0 cm³/mol. The van der Waals surface area contributed by atoms with Gasteiger partial charge in [-0.15, -0.1) is 0 Å². The zero-order chi connectivity index (χ0) is 18.0. The molecule has 3 rings (SSSR count). The maximum absolute atomic E-state index is 11.9. The van der Waals surface area contributed by atoms with Crippen molar-refractivity contribution >= 4 is 22.8 Å². The summed E-state index contributed by atoms with van der Waals surface area (Å²) in [5, 5.41) is 16.5. The maximum Gasteiger partial charge on any atom is 0.234 e. The van der Waals surface area contributed by atoms with Crippen LogP contribution in [0.25, 0.3) is 11.0 Å². The van der Waals surface area contributed by atoms with E-state index in [0.717, 1.165) is 11.0 Å². The third-order valence-corrected chi connectivity index (χ3v) is 4.20. The van der Waals surface area contributed by atoms with Crippen LogP contribution in [-0.2, 0) is 9.53 Å². The molecule has 9 heteroatoms. The molecule has 0 spiro atoms. The highest BCUT2D eigenvalue weighted by Crippen LogP contribution is 2.24. The van der Waals surface area contributed by atoms with Gasteiger partial charge < -0.3 is 30.4 Å². The van der Waals surface area contributed by atoms with Gasteiger partial charge in [-0.05, 0) is 27.1 Å². The summed E-state index contributed by atoms with van der Waals surface area (Å²) in [6.45, 7) is 2.18. The molecule has 4 atom stereocenters. The number of ether oxygens (including phenoxy) is 1. The Morgan fingerprint density at radius 2 is 2.28 bits per heavy atom. The molecule has 0 radical (unpaired) electrons. The number of H-pyrrole nitrogens is 1. The minimum absolute atomic E-state index is 0.0899. The summed E-state index contributed by atoms with van der Waals surface area (Å²) < 4.78 is 5.88. The van der Waals surface area contributed by atoms with E-state index >= 15 is 0 Å². The number of nitrogens with zero attached hydrogens (tertiary/aromatic N) is 3. The van der Waals surface area contributed by atoms with Crippen molar-refractivity contribution in [1.29, 1.82) is 0 Å². The Morgan fingerprint density at radius 3 is 3.04 bits per heavy atom. The van der Waals surface area contributed by atoms with E-state index in [9.17, 15) is 9.90 Å². The molecule has 1 saturated heterocycles. The molecular weight excluding hydrogens is 324 g/mol. The minimum Gasteiger partial charge on any atom is -0.388 e.